The number of nitrogens with zero attached hydrogens (tertiary/aromatic N) is 4. The summed E-state index contributed by atoms with van der Waals surface area (Å²) in [6.45, 7) is 2.74. The third-order valence-corrected chi connectivity index (χ3v) is 7.55. The number of ether oxygens (including phenoxy) is 2. The van der Waals surface area contributed by atoms with E-state index in [0.29, 0.717) is 25.5 Å². The largest absolute Gasteiger partial charge is 0.490 e. The zero-order chi connectivity index (χ0) is 26.7. The Labute approximate surface area is 221 Å². The van der Waals surface area contributed by atoms with Crippen LogP contribution in [-0.2, 0) is 13.0 Å². The molecule has 1 aromatic heterocycles. The van der Waals surface area contributed by atoms with Crippen molar-refractivity contribution >= 4 is 23.3 Å². The van der Waals surface area contributed by atoms with E-state index < -0.39 is 10.4 Å². The fourth-order valence-corrected chi connectivity index (χ4v) is 5.37. The molecule has 3 aromatic rings. The van der Waals surface area contributed by atoms with Gasteiger partial charge in [-0.3, -0.25) is 4.57 Å². The van der Waals surface area contributed by atoms with Gasteiger partial charge in [0.2, 0.25) is 0 Å². The Morgan fingerprint density at radius 1 is 1.05 bits per heavy atom. The van der Waals surface area contributed by atoms with Crippen LogP contribution in [0.1, 0.15) is 24.8 Å². The minimum Gasteiger partial charge on any atom is -0.490 e. The van der Waals surface area contributed by atoms with Crippen molar-refractivity contribution in [1.82, 2.24) is 9.55 Å². The maximum absolute atomic E-state index is 12.5. The van der Waals surface area contributed by atoms with Crippen LogP contribution in [0.5, 0.6) is 11.8 Å². The summed E-state index contributed by atoms with van der Waals surface area (Å²) in [7, 11) is 0. The second kappa shape index (κ2) is 11.1. The van der Waals surface area contributed by atoms with Gasteiger partial charge in [-0.15, -0.1) is 0 Å². The van der Waals surface area contributed by atoms with Crippen LogP contribution in [0.15, 0.2) is 59.6 Å². The number of imidazole rings is 1. The second-order valence-corrected chi connectivity index (χ2v) is 10.6. The average Bonchev–Trinajstić information content (AvgIpc) is 3.33. The number of aryl methyl sites for hydroxylation is 1. The normalized spacial score (nSPS) is 18.1. The van der Waals surface area contributed by atoms with E-state index in [1.165, 1.54) is 6.20 Å². The summed E-state index contributed by atoms with van der Waals surface area (Å²) in [5.74, 6) is 1.00. The molecule has 0 bridgehead atoms. The van der Waals surface area contributed by atoms with Crippen molar-refractivity contribution in [3.8, 4) is 11.8 Å². The number of piperidine rings is 1. The number of aromatic nitrogens is 2. The molecule has 8 nitrogen and oxygen atoms in total. The molecule has 0 amide bonds. The smallest absolute Gasteiger partial charge is 0.446 e. The fraction of sp³-hybridized carbons (Fsp3) is 0.423. The highest BCUT2D eigenvalue weighted by molar-refractivity contribution is 8.00. The van der Waals surface area contributed by atoms with Crippen molar-refractivity contribution in [2.75, 3.05) is 24.6 Å². The number of nitro groups is 1. The summed E-state index contributed by atoms with van der Waals surface area (Å²) in [6, 6.07) is 14.9. The van der Waals surface area contributed by atoms with E-state index in [9.17, 15) is 23.3 Å². The molecule has 0 aliphatic carbocycles. The lowest BCUT2D eigenvalue weighted by molar-refractivity contribution is -0.389. The molecule has 2 aliphatic rings. The number of halogens is 3. The van der Waals surface area contributed by atoms with E-state index in [1.54, 1.807) is 28.8 Å². The number of anilines is 1. The summed E-state index contributed by atoms with van der Waals surface area (Å²) >= 11 is -0.0819. The molecular formula is C26H27F3N4O4S. The Balaban J connectivity index is 1.06. The molecule has 0 saturated carbocycles. The SMILES string of the molecule is O=[N+]([O-])c1cn2c(n1)O[C@@H](COc1ccc(N3CCC(Cc4ccc(SC(F)(F)F)cc4)CC3)cc1)CC2. The van der Waals surface area contributed by atoms with Gasteiger partial charge in [-0.2, -0.15) is 13.2 Å². The first-order chi connectivity index (χ1) is 18.2. The van der Waals surface area contributed by atoms with Gasteiger partial charge in [-0.25, -0.2) is 0 Å². The van der Waals surface area contributed by atoms with Gasteiger partial charge in [0.1, 0.15) is 24.7 Å². The van der Waals surface area contributed by atoms with Gasteiger partial charge in [0, 0.05) is 41.6 Å². The second-order valence-electron chi connectivity index (χ2n) is 9.49. The lowest BCUT2D eigenvalue weighted by atomic mass is 9.90. The topological polar surface area (TPSA) is 82.7 Å². The molecule has 0 N–H and O–H groups in total. The fourth-order valence-electron chi connectivity index (χ4n) is 4.83. The minimum atomic E-state index is -4.26. The molecule has 0 unspecified atom stereocenters. The maximum Gasteiger partial charge on any atom is 0.446 e. The van der Waals surface area contributed by atoms with E-state index in [2.05, 4.69) is 9.88 Å². The van der Waals surface area contributed by atoms with E-state index in [-0.39, 0.29) is 34.6 Å². The summed E-state index contributed by atoms with van der Waals surface area (Å²) < 4.78 is 50.8. The zero-order valence-electron chi connectivity index (χ0n) is 20.5. The maximum atomic E-state index is 12.5. The predicted octanol–water partition coefficient (Wildman–Crippen LogP) is 6.09. The number of thioether (sulfide) groups is 1. The quantitative estimate of drug-likeness (QED) is 0.191. The van der Waals surface area contributed by atoms with Crippen LogP contribution >= 0.6 is 11.8 Å². The lowest BCUT2D eigenvalue weighted by Crippen LogP contribution is -2.34. The van der Waals surface area contributed by atoms with Crippen molar-refractivity contribution in [3.05, 3.63) is 70.4 Å². The van der Waals surface area contributed by atoms with E-state index in [0.717, 1.165) is 49.4 Å². The number of benzene rings is 2. The van der Waals surface area contributed by atoms with Gasteiger partial charge in [0.25, 0.3) is 0 Å². The van der Waals surface area contributed by atoms with Crippen LogP contribution in [0.4, 0.5) is 24.7 Å². The molecule has 1 fully saturated rings. The predicted molar refractivity (Wildman–Crippen MR) is 137 cm³/mol. The molecule has 1 saturated heterocycles. The molecule has 2 aliphatic heterocycles. The Hall–Kier alpha value is -3.41. The van der Waals surface area contributed by atoms with Gasteiger partial charge in [-0.1, -0.05) is 12.1 Å². The molecule has 2 aromatic carbocycles. The summed E-state index contributed by atoms with van der Waals surface area (Å²) in [5.41, 5.74) is -2.07. The van der Waals surface area contributed by atoms with E-state index in [1.807, 2.05) is 24.3 Å². The van der Waals surface area contributed by atoms with Crippen LogP contribution in [0, 0.1) is 16.0 Å². The zero-order valence-corrected chi connectivity index (χ0v) is 21.3. The molecule has 1 atom stereocenters. The van der Waals surface area contributed by atoms with Gasteiger partial charge >= 0.3 is 17.3 Å². The first-order valence-corrected chi connectivity index (χ1v) is 13.2. The molecule has 0 spiro atoms. The van der Waals surface area contributed by atoms with Crippen molar-refractivity contribution < 1.29 is 27.6 Å². The minimum absolute atomic E-state index is 0.0819. The molecule has 38 heavy (non-hydrogen) atoms. The molecule has 0 radical (unpaired) electrons. The van der Waals surface area contributed by atoms with E-state index >= 15 is 0 Å². The Kier molecular flexibility index (Phi) is 7.68. The number of fused-ring (bicyclic) bond motifs is 1. The number of rotatable bonds is 8. The number of hydrogen-bond acceptors (Lipinski definition) is 7. The van der Waals surface area contributed by atoms with Crippen LogP contribution in [0.3, 0.4) is 0 Å². The van der Waals surface area contributed by atoms with Gasteiger partial charge in [0.05, 0.1) is 0 Å². The van der Waals surface area contributed by atoms with Gasteiger partial charge in [-0.05, 0) is 83.8 Å². The Bertz CT molecular complexity index is 1240. The molecule has 202 valence electrons. The summed E-state index contributed by atoms with van der Waals surface area (Å²) in [5, 5.41) is 10.9. The third kappa shape index (κ3) is 6.72. The summed E-state index contributed by atoms with van der Waals surface area (Å²) in [6.07, 6.45) is 4.72. The van der Waals surface area contributed by atoms with Crippen molar-refractivity contribution in [2.24, 2.45) is 5.92 Å². The Morgan fingerprint density at radius 3 is 2.42 bits per heavy atom. The highest BCUT2D eigenvalue weighted by atomic mass is 32.2. The highest BCUT2D eigenvalue weighted by Gasteiger charge is 2.30. The van der Waals surface area contributed by atoms with Crippen molar-refractivity contribution in [2.45, 2.75) is 48.7 Å². The molecule has 5 rings (SSSR count). The standard InChI is InChI=1S/C26H27F3N4O4S/c27-26(28,29)38-23-7-1-18(2-8-23)15-19-9-12-31(13-10-19)20-3-5-21(6-4-20)36-17-22-11-14-32-16-24(33(34)35)30-25(32)37-22/h1-8,16,19,22H,9-15,17H2/t22-/m1/s1. The third-order valence-electron chi connectivity index (χ3n) is 6.81. The first kappa shape index (κ1) is 26.2. The molecule has 12 heteroatoms. The Morgan fingerprint density at radius 2 is 1.76 bits per heavy atom. The first-order valence-electron chi connectivity index (χ1n) is 12.4. The van der Waals surface area contributed by atoms with Gasteiger partial charge < -0.3 is 24.5 Å². The monoisotopic (exact) mass is 548 g/mol. The van der Waals surface area contributed by atoms with Crippen LogP contribution < -0.4 is 14.4 Å². The van der Waals surface area contributed by atoms with Crippen molar-refractivity contribution in [1.29, 1.82) is 0 Å². The average molecular weight is 549 g/mol. The number of alkyl halides is 3. The van der Waals surface area contributed by atoms with Gasteiger partial charge in [0.15, 0.2) is 0 Å². The molecule has 3 heterocycles. The highest BCUT2D eigenvalue weighted by Crippen LogP contribution is 2.37. The van der Waals surface area contributed by atoms with Crippen LogP contribution in [0.2, 0.25) is 0 Å². The van der Waals surface area contributed by atoms with E-state index in [4.69, 9.17) is 9.47 Å². The van der Waals surface area contributed by atoms with Crippen molar-refractivity contribution in [3.63, 3.8) is 0 Å². The number of hydrogen-bond donors (Lipinski definition) is 0. The lowest BCUT2D eigenvalue weighted by Gasteiger charge is -2.34. The summed E-state index contributed by atoms with van der Waals surface area (Å²) in [4.78, 5) is 16.8. The van der Waals surface area contributed by atoms with Crippen LogP contribution in [-0.4, -0.2) is 45.8 Å². The molecular weight excluding hydrogens is 521 g/mol. The van der Waals surface area contributed by atoms with Crippen LogP contribution in [0.25, 0.3) is 0 Å².